The van der Waals surface area contributed by atoms with Crippen molar-refractivity contribution in [1.82, 2.24) is 24.6 Å². The number of pyridine rings is 2. The largest absolute Gasteiger partial charge is 0.364 e. The van der Waals surface area contributed by atoms with Gasteiger partial charge in [-0.05, 0) is 43.0 Å². The van der Waals surface area contributed by atoms with E-state index in [9.17, 15) is 0 Å². The van der Waals surface area contributed by atoms with Crippen LogP contribution in [0.4, 0.5) is 5.82 Å². The maximum Gasteiger partial charge on any atom is 0.162 e. The lowest BCUT2D eigenvalue weighted by molar-refractivity contribution is 0.917. The fourth-order valence-electron chi connectivity index (χ4n) is 3.15. The lowest BCUT2D eigenvalue weighted by Gasteiger charge is -2.09. The molecular weight excluding hydrogens is 360 g/mol. The van der Waals surface area contributed by atoms with E-state index in [4.69, 9.17) is 11.6 Å². The molecule has 7 heteroatoms. The van der Waals surface area contributed by atoms with E-state index in [0.717, 1.165) is 28.4 Å². The summed E-state index contributed by atoms with van der Waals surface area (Å²) in [6, 6.07) is 11.7. The number of aromatic nitrogens is 5. The second kappa shape index (κ2) is 6.63. The van der Waals surface area contributed by atoms with Gasteiger partial charge in [0.2, 0.25) is 0 Å². The number of hydrogen-bond acceptors (Lipinski definition) is 5. The third-order valence-corrected chi connectivity index (χ3v) is 4.91. The molecule has 0 bridgehead atoms. The van der Waals surface area contributed by atoms with Crippen LogP contribution in [-0.4, -0.2) is 24.6 Å². The molecular formula is C20H17ClN6. The van der Waals surface area contributed by atoms with Crippen LogP contribution in [0.1, 0.15) is 30.0 Å². The summed E-state index contributed by atoms with van der Waals surface area (Å²) in [5.41, 5.74) is 4.85. The zero-order valence-electron chi connectivity index (χ0n) is 14.5. The molecule has 0 radical (unpaired) electrons. The highest BCUT2D eigenvalue weighted by Gasteiger charge is 2.28. The van der Waals surface area contributed by atoms with Crippen molar-refractivity contribution in [2.45, 2.75) is 25.3 Å². The van der Waals surface area contributed by atoms with Crippen molar-refractivity contribution in [1.29, 1.82) is 0 Å². The van der Waals surface area contributed by atoms with Crippen LogP contribution < -0.4 is 5.32 Å². The molecule has 1 N–H and O–H groups in total. The van der Waals surface area contributed by atoms with E-state index in [1.807, 2.05) is 47.2 Å². The molecule has 4 aromatic heterocycles. The molecule has 134 valence electrons. The van der Waals surface area contributed by atoms with Crippen molar-refractivity contribution in [3.63, 3.8) is 0 Å². The number of anilines is 1. The number of rotatable bonds is 5. The first kappa shape index (κ1) is 16.2. The summed E-state index contributed by atoms with van der Waals surface area (Å²) in [6.45, 7) is 0.566. The number of fused-ring (bicyclic) bond motifs is 1. The minimum Gasteiger partial charge on any atom is -0.364 e. The van der Waals surface area contributed by atoms with Crippen LogP contribution in [0.2, 0.25) is 5.15 Å². The fraction of sp³-hybridized carbons (Fsp3) is 0.200. The second-order valence-electron chi connectivity index (χ2n) is 6.68. The van der Waals surface area contributed by atoms with E-state index >= 15 is 0 Å². The van der Waals surface area contributed by atoms with Gasteiger partial charge in [-0.3, -0.25) is 9.97 Å². The van der Waals surface area contributed by atoms with Crippen molar-refractivity contribution in [3.05, 3.63) is 71.4 Å². The van der Waals surface area contributed by atoms with Crippen LogP contribution in [-0.2, 0) is 6.54 Å². The average Bonchev–Trinajstić information content (AvgIpc) is 3.46. The summed E-state index contributed by atoms with van der Waals surface area (Å²) in [5, 5.41) is 8.33. The van der Waals surface area contributed by atoms with Gasteiger partial charge < -0.3 is 5.32 Å². The Kier molecular flexibility index (Phi) is 3.98. The summed E-state index contributed by atoms with van der Waals surface area (Å²) in [5.74, 6) is 1.38. The molecule has 6 nitrogen and oxygen atoms in total. The number of nitrogens with one attached hydrogen (secondary N) is 1. The molecule has 1 aliphatic carbocycles. The van der Waals surface area contributed by atoms with Crippen LogP contribution >= 0.6 is 11.6 Å². The predicted octanol–water partition coefficient (Wildman–Crippen LogP) is 4.33. The van der Waals surface area contributed by atoms with Gasteiger partial charge in [-0.1, -0.05) is 17.7 Å². The molecule has 4 aromatic rings. The first-order valence-electron chi connectivity index (χ1n) is 8.92. The third-order valence-electron chi connectivity index (χ3n) is 4.72. The van der Waals surface area contributed by atoms with Crippen LogP contribution in [0.15, 0.2) is 55.0 Å². The van der Waals surface area contributed by atoms with Crippen LogP contribution in [0.5, 0.6) is 0 Å². The van der Waals surface area contributed by atoms with Crippen LogP contribution in [0.25, 0.3) is 16.9 Å². The van der Waals surface area contributed by atoms with Gasteiger partial charge in [-0.25, -0.2) is 4.98 Å². The van der Waals surface area contributed by atoms with Crippen LogP contribution in [0, 0.1) is 0 Å². The highest BCUT2D eigenvalue weighted by Crippen LogP contribution is 2.42. The lowest BCUT2D eigenvalue weighted by Crippen LogP contribution is -2.07. The van der Waals surface area contributed by atoms with Gasteiger partial charge in [0.05, 0.1) is 24.1 Å². The van der Waals surface area contributed by atoms with E-state index in [2.05, 4.69) is 25.4 Å². The molecule has 0 aliphatic heterocycles. The number of nitrogens with zero attached hydrogens (tertiary/aromatic N) is 5. The minimum atomic E-state index is 0.464. The molecule has 1 fully saturated rings. The van der Waals surface area contributed by atoms with Gasteiger partial charge in [0.25, 0.3) is 0 Å². The Labute approximate surface area is 161 Å². The molecule has 0 atom stereocenters. The lowest BCUT2D eigenvalue weighted by atomic mass is 10.2. The molecule has 0 aromatic carbocycles. The first-order chi connectivity index (χ1) is 13.3. The van der Waals surface area contributed by atoms with Gasteiger partial charge in [-0.15, -0.1) is 0 Å². The van der Waals surface area contributed by atoms with E-state index in [1.165, 1.54) is 18.4 Å². The summed E-state index contributed by atoms with van der Waals surface area (Å²) in [6.07, 6.45) is 7.92. The number of hydrogen-bond donors (Lipinski definition) is 1. The molecule has 0 amide bonds. The Bertz CT molecular complexity index is 1090. The third kappa shape index (κ3) is 3.24. The Balaban J connectivity index is 1.37. The van der Waals surface area contributed by atoms with Gasteiger partial charge in [0.15, 0.2) is 5.65 Å². The highest BCUT2D eigenvalue weighted by molar-refractivity contribution is 6.29. The maximum absolute atomic E-state index is 6.23. The van der Waals surface area contributed by atoms with Crippen molar-refractivity contribution in [2.24, 2.45) is 0 Å². The Morgan fingerprint density at radius 3 is 2.78 bits per heavy atom. The zero-order chi connectivity index (χ0) is 18.2. The molecule has 27 heavy (non-hydrogen) atoms. The number of halogens is 1. The van der Waals surface area contributed by atoms with Gasteiger partial charge in [0, 0.05) is 29.6 Å². The molecule has 1 saturated carbocycles. The predicted molar refractivity (Wildman–Crippen MR) is 105 cm³/mol. The molecule has 0 unspecified atom stereocenters. The van der Waals surface area contributed by atoms with E-state index in [1.54, 1.807) is 12.3 Å². The van der Waals surface area contributed by atoms with Gasteiger partial charge >= 0.3 is 0 Å². The van der Waals surface area contributed by atoms with Crippen molar-refractivity contribution < 1.29 is 0 Å². The molecule has 4 heterocycles. The summed E-state index contributed by atoms with van der Waals surface area (Å²) in [4.78, 5) is 13.3. The summed E-state index contributed by atoms with van der Waals surface area (Å²) < 4.78 is 1.82. The normalized spacial score (nSPS) is 13.8. The minimum absolute atomic E-state index is 0.464. The zero-order valence-corrected chi connectivity index (χ0v) is 15.3. The van der Waals surface area contributed by atoms with E-state index < -0.39 is 0 Å². The molecule has 5 rings (SSSR count). The van der Waals surface area contributed by atoms with Crippen molar-refractivity contribution in [2.75, 3.05) is 5.32 Å². The Morgan fingerprint density at radius 2 is 2.04 bits per heavy atom. The summed E-state index contributed by atoms with van der Waals surface area (Å²) >= 11 is 6.23. The summed E-state index contributed by atoms with van der Waals surface area (Å²) in [7, 11) is 0. The van der Waals surface area contributed by atoms with Gasteiger partial charge in [0.1, 0.15) is 11.0 Å². The van der Waals surface area contributed by atoms with Crippen molar-refractivity contribution >= 4 is 23.1 Å². The van der Waals surface area contributed by atoms with E-state index in [-0.39, 0.29) is 0 Å². The van der Waals surface area contributed by atoms with Gasteiger partial charge in [-0.2, -0.15) is 9.61 Å². The maximum atomic E-state index is 6.23. The van der Waals surface area contributed by atoms with E-state index in [0.29, 0.717) is 17.6 Å². The SMILES string of the molecule is Clc1cc(NCc2ccc(-c3ccccn3)cn2)n2ncc(C3CC3)c2n1. The standard InChI is InChI=1S/C20H17ClN6/c21-18-9-19(27-20(26-18)16(12-25-27)13-4-5-13)24-11-15-7-6-14(10-23-15)17-3-1-2-8-22-17/h1-3,6-10,12-13,24H,4-5,11H2. The van der Waals surface area contributed by atoms with Crippen molar-refractivity contribution in [3.8, 4) is 11.3 Å². The topological polar surface area (TPSA) is 68.0 Å². The molecule has 0 spiro atoms. The molecule has 0 saturated heterocycles. The quantitative estimate of drug-likeness (QED) is 0.525. The second-order valence-corrected chi connectivity index (χ2v) is 7.07. The van der Waals surface area contributed by atoms with Crippen LogP contribution in [0.3, 0.4) is 0 Å². The first-order valence-corrected chi connectivity index (χ1v) is 9.30. The monoisotopic (exact) mass is 376 g/mol. The Morgan fingerprint density at radius 1 is 1.11 bits per heavy atom. The average molecular weight is 377 g/mol. The fourth-order valence-corrected chi connectivity index (χ4v) is 3.34. The molecule has 1 aliphatic rings. The highest BCUT2D eigenvalue weighted by atomic mass is 35.5. The smallest absolute Gasteiger partial charge is 0.162 e. The Hall–Kier alpha value is -2.99.